The van der Waals surface area contributed by atoms with Crippen LogP contribution in [0.25, 0.3) is 0 Å². The van der Waals surface area contributed by atoms with E-state index >= 15 is 0 Å². The number of likely N-dealkylation sites (tertiary alicyclic amines) is 1. The van der Waals surface area contributed by atoms with Gasteiger partial charge in [0.2, 0.25) is 5.91 Å². The molecule has 0 unspecified atom stereocenters. The molecule has 0 saturated carbocycles. The van der Waals surface area contributed by atoms with Crippen LogP contribution in [-0.2, 0) is 44.8 Å². The summed E-state index contributed by atoms with van der Waals surface area (Å²) < 4.78 is 23.3. The number of ether oxygens (including phenoxy) is 4. The smallest absolute Gasteiger partial charge is 0.333 e. The summed E-state index contributed by atoms with van der Waals surface area (Å²) in [5.41, 5.74) is 5.69. The maximum Gasteiger partial charge on any atom is 0.333 e. The average molecular weight is 797 g/mol. The Balaban J connectivity index is 1.30. The fourth-order valence-corrected chi connectivity index (χ4v) is 7.25. The summed E-state index contributed by atoms with van der Waals surface area (Å²) in [5.74, 6) is -2.52. The number of hydroxylamine groups is 2. The summed E-state index contributed by atoms with van der Waals surface area (Å²) in [6, 6.07) is 16.2. The van der Waals surface area contributed by atoms with Crippen LogP contribution >= 0.6 is 0 Å². The molecule has 2 aliphatic rings. The number of methoxy groups -OCH3 is 2. The first-order valence-electron chi connectivity index (χ1n) is 19.6. The maximum absolute atomic E-state index is 14.3. The Bertz CT molecular complexity index is 2040. The van der Waals surface area contributed by atoms with Crippen molar-refractivity contribution in [2.45, 2.75) is 97.1 Å². The van der Waals surface area contributed by atoms with Crippen molar-refractivity contribution in [1.82, 2.24) is 9.96 Å². The first kappa shape index (κ1) is 43.1. The van der Waals surface area contributed by atoms with Crippen LogP contribution in [0.2, 0.25) is 0 Å². The number of nitrogens with zero attached hydrogens (tertiary/aromatic N) is 2. The zero-order valence-electron chi connectivity index (χ0n) is 34.0. The summed E-state index contributed by atoms with van der Waals surface area (Å²) in [4.78, 5) is 83.1. The zero-order chi connectivity index (χ0) is 41.9. The molecule has 0 spiro atoms. The molecule has 3 atom stereocenters. The minimum Gasteiger partial charge on any atom is -0.493 e. The van der Waals surface area contributed by atoms with Crippen molar-refractivity contribution in [3.63, 3.8) is 0 Å². The van der Waals surface area contributed by atoms with Gasteiger partial charge in [-0.2, -0.15) is 0 Å². The predicted molar refractivity (Wildman–Crippen MR) is 213 cm³/mol. The molecule has 13 nitrogen and oxygen atoms in total. The molecule has 5 rings (SSSR count). The predicted octanol–water partition coefficient (Wildman–Crippen LogP) is 6.53. The fraction of sp³-hybridized carbons (Fsp3) is 0.422. The van der Waals surface area contributed by atoms with E-state index in [0.717, 1.165) is 47.2 Å². The number of esters is 1. The third-order valence-corrected chi connectivity index (χ3v) is 10.6. The highest BCUT2D eigenvalue weighted by Gasteiger charge is 2.38. The van der Waals surface area contributed by atoms with Gasteiger partial charge < -0.3 is 28.7 Å². The van der Waals surface area contributed by atoms with Crippen LogP contribution in [0.5, 0.6) is 17.2 Å². The number of carbonyl (C=O) groups is 6. The molecule has 13 heteroatoms. The van der Waals surface area contributed by atoms with E-state index in [-0.39, 0.29) is 25.4 Å². The van der Waals surface area contributed by atoms with Gasteiger partial charge in [-0.25, -0.2) is 9.59 Å². The highest BCUT2D eigenvalue weighted by Crippen LogP contribution is 2.37. The van der Waals surface area contributed by atoms with Gasteiger partial charge in [0.05, 0.1) is 26.6 Å². The highest BCUT2D eigenvalue weighted by atomic mass is 16.7. The Morgan fingerprint density at radius 3 is 2.28 bits per heavy atom. The van der Waals surface area contributed by atoms with E-state index in [1.54, 1.807) is 37.3 Å². The lowest BCUT2D eigenvalue weighted by atomic mass is 9.91. The zero-order valence-corrected chi connectivity index (χ0v) is 34.0. The van der Waals surface area contributed by atoms with Gasteiger partial charge in [-0.1, -0.05) is 48.4 Å². The monoisotopic (exact) mass is 796 g/mol. The number of benzene rings is 3. The van der Waals surface area contributed by atoms with Crippen molar-refractivity contribution >= 4 is 35.4 Å². The van der Waals surface area contributed by atoms with Gasteiger partial charge in [-0.15, -0.1) is 0 Å². The van der Waals surface area contributed by atoms with Gasteiger partial charge in [0.15, 0.2) is 17.3 Å². The molecule has 1 saturated heterocycles. The van der Waals surface area contributed by atoms with Crippen molar-refractivity contribution in [3.05, 3.63) is 100 Å². The van der Waals surface area contributed by atoms with Gasteiger partial charge in [-0.3, -0.25) is 19.2 Å². The van der Waals surface area contributed by atoms with Gasteiger partial charge in [0, 0.05) is 25.1 Å². The minimum atomic E-state index is -0.909. The first-order chi connectivity index (χ1) is 27.8. The molecule has 0 aromatic heterocycles. The molecule has 3 aromatic rings. The van der Waals surface area contributed by atoms with Crippen molar-refractivity contribution in [2.75, 3.05) is 27.4 Å². The van der Waals surface area contributed by atoms with E-state index in [2.05, 4.69) is 32.0 Å². The van der Waals surface area contributed by atoms with Crippen LogP contribution in [0.3, 0.4) is 0 Å². The number of hydrogen-bond donors (Lipinski definition) is 0. The number of amides is 3. The van der Waals surface area contributed by atoms with Crippen molar-refractivity contribution in [1.29, 1.82) is 0 Å². The Morgan fingerprint density at radius 2 is 1.59 bits per heavy atom. The van der Waals surface area contributed by atoms with E-state index in [1.165, 1.54) is 5.56 Å². The molecule has 0 aliphatic carbocycles. The van der Waals surface area contributed by atoms with Crippen molar-refractivity contribution in [3.8, 4) is 17.2 Å². The van der Waals surface area contributed by atoms with Gasteiger partial charge in [0.25, 0.3) is 11.8 Å². The summed E-state index contributed by atoms with van der Waals surface area (Å²) in [6.07, 6.45) is 4.23. The second kappa shape index (κ2) is 19.9. The Labute approximate surface area is 339 Å². The standard InChI is InChI=1S/C45H52N2O11/c1-7-36(33-24-30(4)43(55-6)39(26-33)54-5)44(52)46-22-9-8-13-37(46)45(53)57-38(18-16-31-15-14-28(2)29(3)23-31)32-11-10-12-35(25-32)56-27-34(48)17-21-42(51)58-47-40(49)19-20-41(47)50/h10-12,14-15,19-20,23-26,36-38H,7-9,13,16-18,21-22,27H2,1-6H3/t36-,37-,38+/m0/s1. The molecule has 2 aliphatic heterocycles. The summed E-state index contributed by atoms with van der Waals surface area (Å²) in [7, 11) is 3.14. The summed E-state index contributed by atoms with van der Waals surface area (Å²) in [6.45, 7) is 8.03. The van der Waals surface area contributed by atoms with Gasteiger partial charge in [-0.05, 0) is 111 Å². The number of carbonyl (C=O) groups excluding carboxylic acids is 6. The number of aryl methyl sites for hydroxylation is 4. The van der Waals surface area contributed by atoms with E-state index in [9.17, 15) is 28.8 Å². The third kappa shape index (κ3) is 10.7. The van der Waals surface area contributed by atoms with Crippen molar-refractivity contribution in [2.24, 2.45) is 0 Å². The SMILES string of the molecule is CC[C@H](C(=O)N1CCCC[C@H]1C(=O)O[C@H](CCc1ccc(C)c(C)c1)c1cccc(OCC(=O)CCC(=O)ON2C(=O)C=CC2=O)c1)c1cc(C)c(OC)c(OC)c1. The lowest BCUT2D eigenvalue weighted by Crippen LogP contribution is -2.50. The molecule has 2 heterocycles. The maximum atomic E-state index is 14.3. The Morgan fingerprint density at radius 1 is 0.828 bits per heavy atom. The average Bonchev–Trinajstić information content (AvgIpc) is 3.54. The quantitative estimate of drug-likeness (QED) is 0.102. The van der Waals surface area contributed by atoms with Crippen LogP contribution in [0, 0.1) is 20.8 Å². The van der Waals surface area contributed by atoms with E-state index in [1.807, 2.05) is 32.0 Å². The van der Waals surface area contributed by atoms with E-state index in [0.29, 0.717) is 60.1 Å². The molecule has 3 aromatic carbocycles. The minimum absolute atomic E-state index is 0.147. The first-order valence-corrected chi connectivity index (χ1v) is 19.6. The van der Waals surface area contributed by atoms with Crippen LogP contribution in [0.15, 0.2) is 66.7 Å². The normalized spacial score (nSPS) is 16.1. The van der Waals surface area contributed by atoms with E-state index < -0.39 is 47.6 Å². The second-order valence-corrected chi connectivity index (χ2v) is 14.6. The number of piperidine rings is 1. The molecule has 1 fully saturated rings. The van der Waals surface area contributed by atoms with Gasteiger partial charge in [0.1, 0.15) is 24.5 Å². The highest BCUT2D eigenvalue weighted by molar-refractivity contribution is 6.12. The van der Waals surface area contributed by atoms with Crippen LogP contribution in [-0.4, -0.2) is 78.8 Å². The number of imide groups is 1. The molecule has 0 radical (unpaired) electrons. The molecule has 308 valence electrons. The largest absolute Gasteiger partial charge is 0.493 e. The molecular formula is C45H52N2O11. The topological polar surface area (TPSA) is 155 Å². The Hall–Kier alpha value is -5.98. The number of rotatable bonds is 18. The molecule has 3 amide bonds. The summed E-state index contributed by atoms with van der Waals surface area (Å²) in [5, 5.41) is 0.338. The number of ketones is 1. The van der Waals surface area contributed by atoms with Crippen LogP contribution in [0.4, 0.5) is 0 Å². The number of hydrogen-bond acceptors (Lipinski definition) is 11. The molecular weight excluding hydrogens is 744 g/mol. The summed E-state index contributed by atoms with van der Waals surface area (Å²) >= 11 is 0. The fourth-order valence-electron chi connectivity index (χ4n) is 7.25. The second-order valence-electron chi connectivity index (χ2n) is 14.6. The molecule has 0 N–H and O–H groups in total. The number of Topliss-reactive ketones (excluding diaryl/α,β-unsaturated/α-hetero) is 1. The lowest BCUT2D eigenvalue weighted by molar-refractivity contribution is -0.196. The van der Waals surface area contributed by atoms with Gasteiger partial charge >= 0.3 is 11.9 Å². The Kier molecular flexibility index (Phi) is 14.8. The van der Waals surface area contributed by atoms with Crippen molar-refractivity contribution < 1.29 is 52.6 Å². The molecule has 0 bridgehead atoms. The van der Waals surface area contributed by atoms with E-state index in [4.69, 9.17) is 23.8 Å². The third-order valence-electron chi connectivity index (χ3n) is 10.6. The van der Waals surface area contributed by atoms with Crippen LogP contribution < -0.4 is 14.2 Å². The molecule has 58 heavy (non-hydrogen) atoms. The van der Waals surface area contributed by atoms with Crippen LogP contribution in [0.1, 0.15) is 97.3 Å². The lowest BCUT2D eigenvalue weighted by Gasteiger charge is -2.37.